The van der Waals surface area contributed by atoms with Crippen LogP contribution in [0.25, 0.3) is 10.8 Å². The van der Waals surface area contributed by atoms with Crippen molar-refractivity contribution in [3.63, 3.8) is 0 Å². The van der Waals surface area contributed by atoms with Crippen LogP contribution < -0.4 is 0 Å². The SMILES string of the molecule is Cc1ccc2cccc(C(C)C)c2c1F. The summed E-state index contributed by atoms with van der Waals surface area (Å²) in [7, 11) is 0. The molecular weight excluding hydrogens is 187 g/mol. The van der Waals surface area contributed by atoms with Gasteiger partial charge in [-0.1, -0.05) is 44.2 Å². The standard InChI is InChI=1S/C14H15F/c1-9(2)12-6-4-5-11-8-7-10(3)14(15)13(11)12/h4-9H,1-3H3. The van der Waals surface area contributed by atoms with Gasteiger partial charge in [-0.15, -0.1) is 0 Å². The van der Waals surface area contributed by atoms with Crippen LogP contribution in [0.15, 0.2) is 30.3 Å². The molecule has 0 nitrogen and oxygen atoms in total. The third-order valence-electron chi connectivity index (χ3n) is 2.83. The Bertz CT molecular complexity index is 498. The van der Waals surface area contributed by atoms with E-state index in [-0.39, 0.29) is 5.82 Å². The number of hydrogen-bond donors (Lipinski definition) is 0. The van der Waals surface area contributed by atoms with Crippen molar-refractivity contribution in [2.45, 2.75) is 26.7 Å². The number of halogens is 1. The molecule has 15 heavy (non-hydrogen) atoms. The number of rotatable bonds is 1. The predicted octanol–water partition coefficient (Wildman–Crippen LogP) is 4.41. The zero-order valence-corrected chi connectivity index (χ0v) is 9.34. The molecule has 0 saturated carbocycles. The Morgan fingerprint density at radius 2 is 1.80 bits per heavy atom. The summed E-state index contributed by atoms with van der Waals surface area (Å²) in [5, 5.41) is 1.77. The highest BCUT2D eigenvalue weighted by Gasteiger charge is 2.10. The molecular formula is C14H15F. The maximum absolute atomic E-state index is 14.0. The molecule has 1 heteroatoms. The number of fused-ring (bicyclic) bond motifs is 1. The van der Waals surface area contributed by atoms with E-state index in [4.69, 9.17) is 0 Å². The Labute approximate surface area is 89.7 Å². The lowest BCUT2D eigenvalue weighted by molar-refractivity contribution is 0.628. The molecule has 0 aliphatic heterocycles. The fourth-order valence-corrected chi connectivity index (χ4v) is 1.95. The average molecular weight is 202 g/mol. The Morgan fingerprint density at radius 3 is 2.47 bits per heavy atom. The highest BCUT2D eigenvalue weighted by molar-refractivity contribution is 5.87. The number of hydrogen-bond acceptors (Lipinski definition) is 0. The molecule has 0 aromatic heterocycles. The van der Waals surface area contributed by atoms with Crippen molar-refractivity contribution in [1.82, 2.24) is 0 Å². The van der Waals surface area contributed by atoms with Gasteiger partial charge in [-0.25, -0.2) is 4.39 Å². The molecule has 2 rings (SSSR count). The van der Waals surface area contributed by atoms with Gasteiger partial charge in [-0.2, -0.15) is 0 Å². The summed E-state index contributed by atoms with van der Waals surface area (Å²) in [5.74, 6) is 0.279. The van der Waals surface area contributed by atoms with Crippen LogP contribution in [0.4, 0.5) is 4.39 Å². The third kappa shape index (κ3) is 1.63. The summed E-state index contributed by atoms with van der Waals surface area (Å²) < 4.78 is 14.0. The van der Waals surface area contributed by atoms with Crippen LogP contribution in [0.1, 0.15) is 30.9 Å². The lowest BCUT2D eigenvalue weighted by Crippen LogP contribution is -1.93. The minimum absolute atomic E-state index is 0.0724. The Balaban J connectivity index is 2.88. The molecule has 2 aromatic rings. The van der Waals surface area contributed by atoms with Crippen molar-refractivity contribution >= 4 is 10.8 Å². The van der Waals surface area contributed by atoms with E-state index in [1.807, 2.05) is 37.3 Å². The van der Waals surface area contributed by atoms with Crippen molar-refractivity contribution in [2.75, 3.05) is 0 Å². The van der Waals surface area contributed by atoms with Crippen LogP contribution in [0, 0.1) is 12.7 Å². The number of benzene rings is 2. The van der Waals surface area contributed by atoms with E-state index in [2.05, 4.69) is 13.8 Å². The third-order valence-corrected chi connectivity index (χ3v) is 2.83. The van der Waals surface area contributed by atoms with E-state index in [1.54, 1.807) is 0 Å². The summed E-state index contributed by atoms with van der Waals surface area (Å²) in [6.07, 6.45) is 0. The van der Waals surface area contributed by atoms with Gasteiger partial charge in [0.25, 0.3) is 0 Å². The van der Waals surface area contributed by atoms with Gasteiger partial charge in [0, 0.05) is 5.39 Å². The van der Waals surface area contributed by atoms with Crippen molar-refractivity contribution in [2.24, 2.45) is 0 Å². The van der Waals surface area contributed by atoms with E-state index < -0.39 is 0 Å². The summed E-state index contributed by atoms with van der Waals surface area (Å²) in [4.78, 5) is 0. The molecule has 0 aliphatic carbocycles. The highest BCUT2D eigenvalue weighted by atomic mass is 19.1. The second-order valence-corrected chi connectivity index (χ2v) is 4.30. The molecule has 0 spiro atoms. The van der Waals surface area contributed by atoms with Gasteiger partial charge < -0.3 is 0 Å². The maximum atomic E-state index is 14.0. The zero-order chi connectivity index (χ0) is 11.0. The van der Waals surface area contributed by atoms with E-state index in [0.717, 1.165) is 21.9 Å². The smallest absolute Gasteiger partial charge is 0.134 e. The molecule has 2 aromatic carbocycles. The van der Waals surface area contributed by atoms with E-state index in [9.17, 15) is 4.39 Å². The lowest BCUT2D eigenvalue weighted by atomic mass is 9.94. The normalized spacial score (nSPS) is 11.3. The molecule has 0 bridgehead atoms. The Kier molecular flexibility index (Phi) is 2.47. The van der Waals surface area contributed by atoms with Gasteiger partial charge in [0.1, 0.15) is 5.82 Å². The number of aryl methyl sites for hydroxylation is 1. The molecule has 0 N–H and O–H groups in total. The van der Waals surface area contributed by atoms with Crippen LogP contribution in [0.5, 0.6) is 0 Å². The second-order valence-electron chi connectivity index (χ2n) is 4.30. The van der Waals surface area contributed by atoms with E-state index in [1.165, 1.54) is 0 Å². The minimum atomic E-state index is -0.0724. The van der Waals surface area contributed by atoms with Crippen LogP contribution in [0.3, 0.4) is 0 Å². The first-order valence-electron chi connectivity index (χ1n) is 5.29. The highest BCUT2D eigenvalue weighted by Crippen LogP contribution is 2.28. The molecule has 0 amide bonds. The Morgan fingerprint density at radius 1 is 1.07 bits per heavy atom. The minimum Gasteiger partial charge on any atom is -0.206 e. The summed E-state index contributed by atoms with van der Waals surface area (Å²) >= 11 is 0. The largest absolute Gasteiger partial charge is 0.206 e. The van der Waals surface area contributed by atoms with E-state index in [0.29, 0.717) is 5.92 Å². The first-order valence-corrected chi connectivity index (χ1v) is 5.29. The average Bonchev–Trinajstić information content (AvgIpc) is 2.23. The zero-order valence-electron chi connectivity index (χ0n) is 9.34. The molecule has 0 heterocycles. The molecule has 0 fully saturated rings. The quantitative estimate of drug-likeness (QED) is 0.642. The van der Waals surface area contributed by atoms with Crippen LogP contribution in [-0.2, 0) is 0 Å². The first kappa shape index (κ1) is 10.2. The van der Waals surface area contributed by atoms with Crippen LogP contribution in [0.2, 0.25) is 0 Å². The maximum Gasteiger partial charge on any atom is 0.134 e. The molecule has 78 valence electrons. The van der Waals surface area contributed by atoms with Gasteiger partial charge in [0.2, 0.25) is 0 Å². The van der Waals surface area contributed by atoms with Gasteiger partial charge >= 0.3 is 0 Å². The first-order chi connectivity index (χ1) is 7.11. The van der Waals surface area contributed by atoms with Gasteiger partial charge in [-0.05, 0) is 29.4 Å². The van der Waals surface area contributed by atoms with Crippen molar-refractivity contribution in [3.8, 4) is 0 Å². The van der Waals surface area contributed by atoms with Crippen LogP contribution in [-0.4, -0.2) is 0 Å². The fourth-order valence-electron chi connectivity index (χ4n) is 1.95. The second kappa shape index (κ2) is 3.65. The Hall–Kier alpha value is -1.37. The van der Waals surface area contributed by atoms with Crippen LogP contribution >= 0.6 is 0 Å². The molecule has 0 unspecified atom stereocenters. The van der Waals surface area contributed by atoms with Crippen molar-refractivity contribution < 1.29 is 4.39 Å². The van der Waals surface area contributed by atoms with Crippen molar-refractivity contribution in [1.29, 1.82) is 0 Å². The van der Waals surface area contributed by atoms with Gasteiger partial charge in [0.15, 0.2) is 0 Å². The van der Waals surface area contributed by atoms with Crippen molar-refractivity contribution in [3.05, 3.63) is 47.3 Å². The topological polar surface area (TPSA) is 0 Å². The van der Waals surface area contributed by atoms with E-state index >= 15 is 0 Å². The molecule has 0 aliphatic rings. The monoisotopic (exact) mass is 202 g/mol. The fraction of sp³-hybridized carbons (Fsp3) is 0.286. The van der Waals surface area contributed by atoms with Gasteiger partial charge in [-0.3, -0.25) is 0 Å². The molecule has 0 saturated heterocycles. The van der Waals surface area contributed by atoms with Gasteiger partial charge in [0.05, 0.1) is 0 Å². The summed E-state index contributed by atoms with van der Waals surface area (Å²) in [5.41, 5.74) is 1.81. The summed E-state index contributed by atoms with van der Waals surface area (Å²) in [6.45, 7) is 6.00. The predicted molar refractivity (Wildman–Crippen MR) is 62.7 cm³/mol. The summed E-state index contributed by atoms with van der Waals surface area (Å²) in [6, 6.07) is 9.78. The lowest BCUT2D eigenvalue weighted by Gasteiger charge is -2.11. The molecule has 0 atom stereocenters. The molecule has 0 radical (unpaired) electrons.